The number of nitrogen functional groups attached to an aromatic ring is 1. The molecule has 0 spiro atoms. The average molecular weight is 247 g/mol. The predicted molar refractivity (Wildman–Crippen MR) is 77.3 cm³/mol. The van der Waals surface area contributed by atoms with Crippen molar-refractivity contribution in [3.63, 3.8) is 0 Å². The van der Waals surface area contributed by atoms with E-state index in [4.69, 9.17) is 5.73 Å². The predicted octanol–water partition coefficient (Wildman–Crippen LogP) is 3.39. The maximum atomic E-state index is 5.98. The van der Waals surface area contributed by atoms with Crippen LogP contribution in [-0.2, 0) is 0 Å². The van der Waals surface area contributed by atoms with E-state index in [0.717, 1.165) is 28.2 Å². The second kappa shape index (κ2) is 4.90. The molecule has 3 nitrogen and oxygen atoms in total. The van der Waals surface area contributed by atoms with Gasteiger partial charge in [-0.3, -0.25) is 0 Å². The summed E-state index contributed by atoms with van der Waals surface area (Å²) in [4.78, 5) is 8.62. The zero-order valence-electron chi connectivity index (χ0n) is 10.3. The summed E-state index contributed by atoms with van der Waals surface area (Å²) in [6, 6.07) is 19.7. The Hall–Kier alpha value is -2.68. The normalized spacial score (nSPS) is 10.3. The Labute approximate surface area is 111 Å². The van der Waals surface area contributed by atoms with Gasteiger partial charge in [-0.05, 0) is 12.1 Å². The number of benzene rings is 2. The fourth-order valence-corrected chi connectivity index (χ4v) is 2.00. The molecular formula is C16H13N3. The van der Waals surface area contributed by atoms with Crippen molar-refractivity contribution in [2.75, 3.05) is 5.73 Å². The number of aromatic nitrogens is 2. The van der Waals surface area contributed by atoms with Crippen molar-refractivity contribution in [1.29, 1.82) is 0 Å². The van der Waals surface area contributed by atoms with E-state index in [2.05, 4.69) is 9.97 Å². The van der Waals surface area contributed by atoms with Crippen LogP contribution < -0.4 is 5.73 Å². The Balaban J connectivity index is 2.09. The second-order valence-electron chi connectivity index (χ2n) is 4.24. The summed E-state index contributed by atoms with van der Waals surface area (Å²) in [5.74, 6) is 0. The molecule has 0 saturated carbocycles. The average Bonchev–Trinajstić information content (AvgIpc) is 2.49. The van der Waals surface area contributed by atoms with Gasteiger partial charge >= 0.3 is 0 Å². The van der Waals surface area contributed by atoms with Gasteiger partial charge in [0, 0.05) is 16.8 Å². The second-order valence-corrected chi connectivity index (χ2v) is 4.24. The van der Waals surface area contributed by atoms with Crippen molar-refractivity contribution >= 4 is 5.69 Å². The first kappa shape index (κ1) is 11.4. The van der Waals surface area contributed by atoms with Gasteiger partial charge < -0.3 is 5.73 Å². The van der Waals surface area contributed by atoms with Gasteiger partial charge in [-0.15, -0.1) is 0 Å². The third kappa shape index (κ3) is 2.31. The first-order chi connectivity index (χ1) is 9.34. The molecule has 3 heteroatoms. The van der Waals surface area contributed by atoms with Crippen molar-refractivity contribution in [2.45, 2.75) is 0 Å². The van der Waals surface area contributed by atoms with Crippen LogP contribution in [0.4, 0.5) is 5.69 Å². The van der Waals surface area contributed by atoms with Crippen LogP contribution >= 0.6 is 0 Å². The smallest absolute Gasteiger partial charge is 0.116 e. The van der Waals surface area contributed by atoms with E-state index in [0.29, 0.717) is 0 Å². The summed E-state index contributed by atoms with van der Waals surface area (Å²) in [6.45, 7) is 0. The van der Waals surface area contributed by atoms with Gasteiger partial charge in [-0.2, -0.15) is 0 Å². The van der Waals surface area contributed by atoms with Gasteiger partial charge in [0.05, 0.1) is 11.4 Å². The Morgan fingerprint density at radius 2 is 1.42 bits per heavy atom. The lowest BCUT2D eigenvalue weighted by molar-refractivity contribution is 1.18. The number of nitrogens with zero attached hydrogens (tertiary/aromatic N) is 2. The molecular weight excluding hydrogens is 234 g/mol. The summed E-state index contributed by atoms with van der Waals surface area (Å²) in [5, 5.41) is 0. The van der Waals surface area contributed by atoms with E-state index in [1.807, 2.05) is 60.7 Å². The maximum Gasteiger partial charge on any atom is 0.116 e. The van der Waals surface area contributed by atoms with E-state index in [1.54, 1.807) is 6.33 Å². The number of anilines is 1. The molecule has 0 saturated heterocycles. The summed E-state index contributed by atoms with van der Waals surface area (Å²) < 4.78 is 0. The summed E-state index contributed by atoms with van der Waals surface area (Å²) >= 11 is 0. The number of hydrogen-bond donors (Lipinski definition) is 1. The molecule has 3 aromatic rings. The maximum absolute atomic E-state index is 5.98. The zero-order valence-corrected chi connectivity index (χ0v) is 10.3. The molecule has 92 valence electrons. The molecule has 3 rings (SSSR count). The van der Waals surface area contributed by atoms with Gasteiger partial charge in [-0.1, -0.05) is 48.5 Å². The van der Waals surface area contributed by atoms with Crippen molar-refractivity contribution in [3.05, 3.63) is 67.0 Å². The quantitative estimate of drug-likeness (QED) is 0.706. The van der Waals surface area contributed by atoms with Gasteiger partial charge in [0.25, 0.3) is 0 Å². The van der Waals surface area contributed by atoms with E-state index >= 15 is 0 Å². The van der Waals surface area contributed by atoms with Crippen LogP contribution in [0.1, 0.15) is 0 Å². The minimum absolute atomic E-state index is 0.722. The molecule has 0 aliphatic carbocycles. The minimum atomic E-state index is 0.722. The van der Waals surface area contributed by atoms with Crippen LogP contribution in [0.2, 0.25) is 0 Å². The van der Waals surface area contributed by atoms with E-state index < -0.39 is 0 Å². The van der Waals surface area contributed by atoms with Crippen molar-refractivity contribution in [1.82, 2.24) is 9.97 Å². The summed E-state index contributed by atoms with van der Waals surface area (Å²) in [5.41, 5.74) is 10.4. The van der Waals surface area contributed by atoms with E-state index in [-0.39, 0.29) is 0 Å². The third-order valence-electron chi connectivity index (χ3n) is 2.97. The van der Waals surface area contributed by atoms with Crippen LogP contribution in [0.3, 0.4) is 0 Å². The van der Waals surface area contributed by atoms with Gasteiger partial charge in [-0.25, -0.2) is 9.97 Å². The molecule has 0 fully saturated rings. The SMILES string of the molecule is Nc1ccccc1-c1cc(-c2ccccc2)ncn1. The number of para-hydroxylation sites is 1. The Bertz CT molecular complexity index is 693. The van der Waals surface area contributed by atoms with E-state index in [9.17, 15) is 0 Å². The lowest BCUT2D eigenvalue weighted by Gasteiger charge is -2.06. The molecule has 0 bridgehead atoms. The van der Waals surface area contributed by atoms with Crippen molar-refractivity contribution in [2.24, 2.45) is 0 Å². The molecule has 2 aromatic carbocycles. The third-order valence-corrected chi connectivity index (χ3v) is 2.97. The topological polar surface area (TPSA) is 51.8 Å². The monoisotopic (exact) mass is 247 g/mol. The largest absolute Gasteiger partial charge is 0.398 e. The van der Waals surface area contributed by atoms with Crippen LogP contribution in [-0.4, -0.2) is 9.97 Å². The fraction of sp³-hybridized carbons (Fsp3) is 0. The van der Waals surface area contributed by atoms with Crippen LogP contribution in [0.15, 0.2) is 67.0 Å². The lowest BCUT2D eigenvalue weighted by atomic mass is 10.1. The molecule has 0 unspecified atom stereocenters. The standard InChI is InChI=1S/C16H13N3/c17-14-9-5-4-8-13(14)16-10-15(18-11-19-16)12-6-2-1-3-7-12/h1-11H,17H2. The molecule has 19 heavy (non-hydrogen) atoms. The molecule has 0 atom stereocenters. The molecule has 0 aliphatic heterocycles. The molecule has 0 amide bonds. The first-order valence-corrected chi connectivity index (χ1v) is 6.07. The Morgan fingerprint density at radius 3 is 2.21 bits per heavy atom. The fourth-order valence-electron chi connectivity index (χ4n) is 2.00. The molecule has 0 aliphatic rings. The lowest BCUT2D eigenvalue weighted by Crippen LogP contribution is -1.93. The van der Waals surface area contributed by atoms with Crippen LogP contribution in [0, 0.1) is 0 Å². The van der Waals surface area contributed by atoms with Crippen molar-refractivity contribution in [3.8, 4) is 22.5 Å². The molecule has 2 N–H and O–H groups in total. The molecule has 1 heterocycles. The molecule has 1 aromatic heterocycles. The summed E-state index contributed by atoms with van der Waals surface area (Å²) in [7, 11) is 0. The zero-order chi connectivity index (χ0) is 13.1. The van der Waals surface area contributed by atoms with Crippen LogP contribution in [0.5, 0.6) is 0 Å². The van der Waals surface area contributed by atoms with E-state index in [1.165, 1.54) is 0 Å². The number of hydrogen-bond acceptors (Lipinski definition) is 3. The first-order valence-electron chi connectivity index (χ1n) is 6.07. The minimum Gasteiger partial charge on any atom is -0.398 e. The highest BCUT2D eigenvalue weighted by Gasteiger charge is 2.06. The van der Waals surface area contributed by atoms with Crippen LogP contribution in [0.25, 0.3) is 22.5 Å². The highest BCUT2D eigenvalue weighted by molar-refractivity contribution is 5.76. The number of rotatable bonds is 2. The van der Waals surface area contributed by atoms with Gasteiger partial charge in [0.1, 0.15) is 6.33 Å². The summed E-state index contributed by atoms with van der Waals surface area (Å²) in [6.07, 6.45) is 1.57. The van der Waals surface area contributed by atoms with Crippen molar-refractivity contribution < 1.29 is 0 Å². The number of nitrogens with two attached hydrogens (primary N) is 1. The Morgan fingerprint density at radius 1 is 0.737 bits per heavy atom. The Kier molecular flexibility index (Phi) is 2.94. The van der Waals surface area contributed by atoms with Gasteiger partial charge in [0.15, 0.2) is 0 Å². The highest BCUT2D eigenvalue weighted by Crippen LogP contribution is 2.26. The van der Waals surface area contributed by atoms with Gasteiger partial charge in [0.2, 0.25) is 0 Å². The highest BCUT2D eigenvalue weighted by atomic mass is 14.8. The molecule has 0 radical (unpaired) electrons.